The number of pyridine rings is 1. The average Bonchev–Trinajstić information content (AvgIpc) is 2.90. The van der Waals surface area contributed by atoms with Crippen LogP contribution in [0.2, 0.25) is 0 Å². The Morgan fingerprint density at radius 2 is 2.28 bits per heavy atom. The molecule has 3 heterocycles. The second-order valence-corrected chi connectivity index (χ2v) is 3.97. The van der Waals surface area contributed by atoms with Crippen molar-refractivity contribution in [1.29, 1.82) is 0 Å². The van der Waals surface area contributed by atoms with Crippen molar-refractivity contribution in [1.82, 2.24) is 24.7 Å². The number of nitrogens with zero attached hydrogens (tertiary/aromatic N) is 5. The van der Waals surface area contributed by atoms with Crippen LogP contribution < -0.4 is 5.73 Å². The Morgan fingerprint density at radius 3 is 3.06 bits per heavy atom. The summed E-state index contributed by atoms with van der Waals surface area (Å²) in [5, 5.41) is 3.75. The first-order chi connectivity index (χ1) is 8.74. The number of nitrogen functional groups attached to an aromatic ring is 1. The summed E-state index contributed by atoms with van der Waals surface area (Å²) in [5.41, 5.74) is 7.63. The molecular formula is C11H12N6O. The Kier molecular flexibility index (Phi) is 2.44. The second-order valence-electron chi connectivity index (χ2n) is 3.97. The molecule has 0 aliphatic heterocycles. The van der Waals surface area contributed by atoms with E-state index in [4.69, 9.17) is 10.3 Å². The molecule has 0 saturated carbocycles. The molecule has 0 saturated heterocycles. The second kappa shape index (κ2) is 4.10. The van der Waals surface area contributed by atoms with Crippen LogP contribution in [0.25, 0.3) is 11.0 Å². The van der Waals surface area contributed by atoms with Crippen LogP contribution in [0.15, 0.2) is 23.0 Å². The molecule has 3 aromatic heterocycles. The van der Waals surface area contributed by atoms with Crippen LogP contribution in [0.3, 0.4) is 0 Å². The Hall–Kier alpha value is -2.44. The summed E-state index contributed by atoms with van der Waals surface area (Å²) in [6.07, 6.45) is 4.04. The van der Waals surface area contributed by atoms with Gasteiger partial charge in [-0.3, -0.25) is 4.98 Å². The van der Waals surface area contributed by atoms with E-state index in [1.165, 1.54) is 0 Å². The lowest BCUT2D eigenvalue weighted by atomic mass is 10.3. The molecule has 0 aliphatic carbocycles. The number of imidazole rings is 1. The van der Waals surface area contributed by atoms with E-state index in [9.17, 15) is 0 Å². The number of anilines is 1. The number of hydrogen-bond donors (Lipinski definition) is 1. The predicted molar refractivity (Wildman–Crippen MR) is 64.7 cm³/mol. The van der Waals surface area contributed by atoms with Gasteiger partial charge < -0.3 is 14.8 Å². The fraction of sp³-hybridized carbons (Fsp3) is 0.273. The molecule has 0 bridgehead atoms. The lowest BCUT2D eigenvalue weighted by Gasteiger charge is -2.03. The van der Waals surface area contributed by atoms with E-state index in [1.54, 1.807) is 19.3 Å². The van der Waals surface area contributed by atoms with Crippen LogP contribution in [0.4, 0.5) is 5.95 Å². The van der Waals surface area contributed by atoms with E-state index < -0.39 is 0 Å². The molecule has 0 aromatic carbocycles. The van der Waals surface area contributed by atoms with Crippen molar-refractivity contribution in [3.8, 4) is 0 Å². The van der Waals surface area contributed by atoms with E-state index in [0.29, 0.717) is 30.6 Å². The highest BCUT2D eigenvalue weighted by molar-refractivity contribution is 5.76. The lowest BCUT2D eigenvalue weighted by molar-refractivity contribution is 0.369. The highest BCUT2D eigenvalue weighted by Gasteiger charge is 2.09. The minimum absolute atomic E-state index is 0.467. The van der Waals surface area contributed by atoms with Gasteiger partial charge in [0.25, 0.3) is 0 Å². The molecule has 2 N–H and O–H groups in total. The maximum Gasteiger partial charge on any atom is 0.228 e. The third-order valence-corrected chi connectivity index (χ3v) is 2.70. The molecule has 0 unspecified atom stereocenters. The number of aryl methyl sites for hydroxylation is 3. The Balaban J connectivity index is 1.88. The predicted octanol–water partition coefficient (Wildman–Crippen LogP) is 0.948. The summed E-state index contributed by atoms with van der Waals surface area (Å²) >= 11 is 0. The first-order valence-electron chi connectivity index (χ1n) is 5.59. The van der Waals surface area contributed by atoms with Gasteiger partial charge in [0.1, 0.15) is 5.52 Å². The van der Waals surface area contributed by atoms with Gasteiger partial charge in [0.05, 0.1) is 11.7 Å². The van der Waals surface area contributed by atoms with Gasteiger partial charge in [-0.05, 0) is 13.0 Å². The van der Waals surface area contributed by atoms with E-state index in [1.807, 2.05) is 10.6 Å². The maximum absolute atomic E-state index is 5.88. The van der Waals surface area contributed by atoms with Gasteiger partial charge in [-0.15, -0.1) is 0 Å². The number of fused-ring (bicyclic) bond motifs is 1. The molecule has 0 fully saturated rings. The zero-order valence-corrected chi connectivity index (χ0v) is 9.87. The molecule has 0 radical (unpaired) electrons. The van der Waals surface area contributed by atoms with Gasteiger partial charge in [0.15, 0.2) is 5.82 Å². The first kappa shape index (κ1) is 10.7. The minimum atomic E-state index is 0.467. The highest BCUT2D eigenvalue weighted by Crippen LogP contribution is 2.16. The summed E-state index contributed by atoms with van der Waals surface area (Å²) in [6, 6.07) is 1.89. The monoisotopic (exact) mass is 244 g/mol. The van der Waals surface area contributed by atoms with Crippen molar-refractivity contribution in [2.45, 2.75) is 19.9 Å². The largest absolute Gasteiger partial charge is 0.369 e. The molecule has 3 aromatic rings. The van der Waals surface area contributed by atoms with Crippen LogP contribution in [-0.4, -0.2) is 24.7 Å². The fourth-order valence-electron chi connectivity index (χ4n) is 1.88. The molecule has 18 heavy (non-hydrogen) atoms. The summed E-state index contributed by atoms with van der Waals surface area (Å²) in [4.78, 5) is 12.4. The summed E-state index contributed by atoms with van der Waals surface area (Å²) in [5.74, 6) is 1.70. The third kappa shape index (κ3) is 1.79. The first-order valence-corrected chi connectivity index (χ1v) is 5.59. The molecular weight excluding hydrogens is 232 g/mol. The van der Waals surface area contributed by atoms with Crippen molar-refractivity contribution in [2.75, 3.05) is 5.73 Å². The van der Waals surface area contributed by atoms with Crippen LogP contribution >= 0.6 is 0 Å². The number of rotatable bonds is 3. The van der Waals surface area contributed by atoms with Gasteiger partial charge in [0.2, 0.25) is 11.8 Å². The highest BCUT2D eigenvalue weighted by atomic mass is 16.5. The molecule has 7 heteroatoms. The van der Waals surface area contributed by atoms with Gasteiger partial charge in [-0.1, -0.05) is 5.16 Å². The van der Waals surface area contributed by atoms with Crippen molar-refractivity contribution in [2.24, 2.45) is 0 Å². The topological polar surface area (TPSA) is 95.7 Å². The molecule has 0 spiro atoms. The van der Waals surface area contributed by atoms with Crippen LogP contribution in [0.5, 0.6) is 0 Å². The quantitative estimate of drug-likeness (QED) is 0.736. The Bertz CT molecular complexity index is 686. The lowest BCUT2D eigenvalue weighted by Crippen LogP contribution is -2.05. The average molecular weight is 244 g/mol. The van der Waals surface area contributed by atoms with Crippen molar-refractivity contribution in [3.63, 3.8) is 0 Å². The smallest absolute Gasteiger partial charge is 0.228 e. The van der Waals surface area contributed by atoms with Crippen molar-refractivity contribution < 1.29 is 4.52 Å². The zero-order valence-electron chi connectivity index (χ0n) is 9.87. The standard InChI is InChI=1S/C11H12N6O/c1-7-14-10(18-16-7)3-5-17-9-2-4-13-6-8(9)15-11(17)12/h2,4,6H,3,5H2,1H3,(H2,12,15). The summed E-state index contributed by atoms with van der Waals surface area (Å²) in [6.45, 7) is 2.44. The van der Waals surface area contributed by atoms with Gasteiger partial charge in [0, 0.05) is 19.2 Å². The number of hydrogen-bond acceptors (Lipinski definition) is 6. The SMILES string of the molecule is Cc1noc(CCn2c(N)nc3cnccc32)n1. The van der Waals surface area contributed by atoms with Gasteiger partial charge >= 0.3 is 0 Å². The van der Waals surface area contributed by atoms with Crippen LogP contribution in [0.1, 0.15) is 11.7 Å². The third-order valence-electron chi connectivity index (χ3n) is 2.70. The summed E-state index contributed by atoms with van der Waals surface area (Å²) < 4.78 is 6.98. The zero-order chi connectivity index (χ0) is 12.5. The van der Waals surface area contributed by atoms with Crippen LogP contribution in [-0.2, 0) is 13.0 Å². The molecule has 0 amide bonds. The number of nitrogens with two attached hydrogens (primary N) is 1. The van der Waals surface area contributed by atoms with E-state index in [0.717, 1.165) is 11.0 Å². The molecule has 0 atom stereocenters. The van der Waals surface area contributed by atoms with E-state index in [-0.39, 0.29) is 0 Å². The van der Waals surface area contributed by atoms with Gasteiger partial charge in [-0.25, -0.2) is 4.98 Å². The molecule has 92 valence electrons. The van der Waals surface area contributed by atoms with Crippen LogP contribution in [0, 0.1) is 6.92 Å². The van der Waals surface area contributed by atoms with E-state index >= 15 is 0 Å². The Morgan fingerprint density at radius 1 is 1.39 bits per heavy atom. The minimum Gasteiger partial charge on any atom is -0.369 e. The fourth-order valence-corrected chi connectivity index (χ4v) is 1.88. The van der Waals surface area contributed by atoms with E-state index in [2.05, 4.69) is 20.1 Å². The van der Waals surface area contributed by atoms with Crippen molar-refractivity contribution in [3.05, 3.63) is 30.2 Å². The molecule has 7 nitrogen and oxygen atoms in total. The number of aromatic nitrogens is 5. The van der Waals surface area contributed by atoms with Gasteiger partial charge in [-0.2, -0.15) is 4.98 Å². The normalized spacial score (nSPS) is 11.2. The summed E-state index contributed by atoms with van der Waals surface area (Å²) in [7, 11) is 0. The molecule has 3 rings (SSSR count). The maximum atomic E-state index is 5.88. The van der Waals surface area contributed by atoms with Crippen molar-refractivity contribution >= 4 is 17.0 Å². The Labute approximate surface area is 103 Å². The molecule has 0 aliphatic rings.